The second-order valence-corrected chi connectivity index (χ2v) is 5.81. The van der Waals surface area contributed by atoms with Gasteiger partial charge in [-0.1, -0.05) is 6.07 Å². The van der Waals surface area contributed by atoms with Gasteiger partial charge in [0.25, 0.3) is 0 Å². The predicted octanol–water partition coefficient (Wildman–Crippen LogP) is 2.15. The number of nitrogens with zero attached hydrogens (tertiary/aromatic N) is 1. The van der Waals surface area contributed by atoms with E-state index in [1.165, 1.54) is 5.56 Å². The highest BCUT2D eigenvalue weighted by Crippen LogP contribution is 2.33. The van der Waals surface area contributed by atoms with Crippen LogP contribution in [0.5, 0.6) is 11.5 Å². The molecule has 0 radical (unpaired) electrons. The molecule has 4 heteroatoms. The second-order valence-electron chi connectivity index (χ2n) is 5.81. The summed E-state index contributed by atoms with van der Waals surface area (Å²) in [6.45, 7) is 5.17. The molecule has 0 spiro atoms. The zero-order valence-electron chi connectivity index (χ0n) is 11.4. The fourth-order valence-electron chi connectivity index (χ4n) is 2.77. The first kappa shape index (κ1) is 12.8. The van der Waals surface area contributed by atoms with Gasteiger partial charge >= 0.3 is 0 Å². The van der Waals surface area contributed by atoms with Crippen molar-refractivity contribution in [1.82, 2.24) is 4.90 Å². The van der Waals surface area contributed by atoms with Gasteiger partial charge < -0.3 is 14.6 Å². The summed E-state index contributed by atoms with van der Waals surface area (Å²) < 4.78 is 10.7. The molecule has 1 fully saturated rings. The van der Waals surface area contributed by atoms with E-state index in [1.807, 2.05) is 13.0 Å². The van der Waals surface area contributed by atoms with Gasteiger partial charge in [0, 0.05) is 13.1 Å². The third kappa shape index (κ3) is 3.01. The van der Waals surface area contributed by atoms with E-state index in [9.17, 15) is 5.11 Å². The molecule has 0 aliphatic carbocycles. The molecule has 2 aliphatic rings. The van der Waals surface area contributed by atoms with E-state index in [1.54, 1.807) is 0 Å². The molecule has 1 aromatic rings. The SMILES string of the molecule is CC1(O)CCCN(Cc2ccc3c(c2)OCO3)CC1. The fourth-order valence-corrected chi connectivity index (χ4v) is 2.77. The largest absolute Gasteiger partial charge is 0.454 e. The van der Waals surface area contributed by atoms with E-state index in [0.717, 1.165) is 50.4 Å². The Kier molecular flexibility index (Phi) is 3.37. The third-order valence-corrected chi connectivity index (χ3v) is 4.00. The molecule has 1 unspecified atom stereocenters. The van der Waals surface area contributed by atoms with Gasteiger partial charge in [-0.25, -0.2) is 0 Å². The van der Waals surface area contributed by atoms with Crippen LogP contribution in [0.15, 0.2) is 18.2 Å². The van der Waals surface area contributed by atoms with Crippen LogP contribution < -0.4 is 9.47 Å². The molecule has 1 N–H and O–H groups in total. The summed E-state index contributed by atoms with van der Waals surface area (Å²) in [4.78, 5) is 2.40. The van der Waals surface area contributed by atoms with Crippen LogP contribution in [-0.4, -0.2) is 35.5 Å². The lowest BCUT2D eigenvalue weighted by molar-refractivity contribution is 0.0444. The third-order valence-electron chi connectivity index (χ3n) is 4.00. The van der Waals surface area contributed by atoms with Crippen molar-refractivity contribution in [1.29, 1.82) is 0 Å². The maximum Gasteiger partial charge on any atom is 0.231 e. The average Bonchev–Trinajstić information content (AvgIpc) is 2.76. The highest BCUT2D eigenvalue weighted by atomic mass is 16.7. The van der Waals surface area contributed by atoms with E-state index in [0.29, 0.717) is 6.79 Å². The summed E-state index contributed by atoms with van der Waals surface area (Å²) >= 11 is 0. The normalized spacial score (nSPS) is 27.3. The van der Waals surface area contributed by atoms with E-state index in [2.05, 4.69) is 17.0 Å². The molecular formula is C15H21NO3. The quantitative estimate of drug-likeness (QED) is 0.888. The highest BCUT2D eigenvalue weighted by Gasteiger charge is 2.25. The number of aliphatic hydroxyl groups is 1. The first-order valence-electron chi connectivity index (χ1n) is 6.96. The van der Waals surface area contributed by atoms with Gasteiger partial charge in [0.05, 0.1) is 5.60 Å². The van der Waals surface area contributed by atoms with Gasteiger partial charge in [-0.05, 0) is 50.4 Å². The molecule has 19 heavy (non-hydrogen) atoms. The summed E-state index contributed by atoms with van der Waals surface area (Å²) in [6, 6.07) is 6.13. The Balaban J connectivity index is 1.65. The van der Waals surface area contributed by atoms with Crippen LogP contribution in [0.1, 0.15) is 31.7 Å². The van der Waals surface area contributed by atoms with Crippen LogP contribution in [0.25, 0.3) is 0 Å². The van der Waals surface area contributed by atoms with E-state index < -0.39 is 5.60 Å². The Bertz CT molecular complexity index is 459. The lowest BCUT2D eigenvalue weighted by atomic mass is 9.98. The Labute approximate surface area is 113 Å². The lowest BCUT2D eigenvalue weighted by Crippen LogP contribution is -2.28. The molecule has 3 rings (SSSR count). The van der Waals surface area contributed by atoms with Crippen molar-refractivity contribution >= 4 is 0 Å². The van der Waals surface area contributed by atoms with Gasteiger partial charge in [-0.2, -0.15) is 0 Å². The van der Waals surface area contributed by atoms with Crippen molar-refractivity contribution in [3.05, 3.63) is 23.8 Å². The number of rotatable bonds is 2. The van der Waals surface area contributed by atoms with Crippen molar-refractivity contribution in [2.75, 3.05) is 19.9 Å². The van der Waals surface area contributed by atoms with E-state index >= 15 is 0 Å². The Morgan fingerprint density at radius 2 is 2.05 bits per heavy atom. The maximum atomic E-state index is 10.1. The monoisotopic (exact) mass is 263 g/mol. The summed E-state index contributed by atoms with van der Waals surface area (Å²) in [6.07, 6.45) is 2.79. The van der Waals surface area contributed by atoms with Gasteiger partial charge in [0.1, 0.15) is 0 Å². The standard InChI is InChI=1S/C15H21NO3/c1-15(17)5-2-7-16(8-6-15)10-12-3-4-13-14(9-12)19-11-18-13/h3-4,9,17H,2,5-8,10-11H2,1H3. The summed E-state index contributed by atoms with van der Waals surface area (Å²) in [5, 5.41) is 10.1. The van der Waals surface area contributed by atoms with Crippen LogP contribution in [0.2, 0.25) is 0 Å². The minimum absolute atomic E-state index is 0.325. The molecule has 0 amide bonds. The zero-order chi connectivity index (χ0) is 13.3. The van der Waals surface area contributed by atoms with Crippen LogP contribution in [0.4, 0.5) is 0 Å². The number of likely N-dealkylation sites (tertiary alicyclic amines) is 1. The Hall–Kier alpha value is -1.26. The van der Waals surface area contributed by atoms with Crippen LogP contribution in [0.3, 0.4) is 0 Å². The van der Waals surface area contributed by atoms with Gasteiger partial charge in [-0.15, -0.1) is 0 Å². The molecule has 4 nitrogen and oxygen atoms in total. The summed E-state index contributed by atoms with van der Waals surface area (Å²) in [5.41, 5.74) is 0.745. The molecule has 1 atom stereocenters. The fraction of sp³-hybridized carbons (Fsp3) is 0.600. The van der Waals surface area contributed by atoms with E-state index in [4.69, 9.17) is 9.47 Å². The van der Waals surface area contributed by atoms with Crippen LogP contribution in [0, 0.1) is 0 Å². The number of fused-ring (bicyclic) bond motifs is 1. The molecule has 0 bridgehead atoms. The molecule has 104 valence electrons. The molecule has 0 aromatic heterocycles. The van der Waals surface area contributed by atoms with Gasteiger partial charge in [0.15, 0.2) is 11.5 Å². The zero-order valence-corrected chi connectivity index (χ0v) is 11.4. The van der Waals surface area contributed by atoms with Crippen LogP contribution in [-0.2, 0) is 6.54 Å². The van der Waals surface area contributed by atoms with E-state index in [-0.39, 0.29) is 0 Å². The molecule has 2 heterocycles. The van der Waals surface area contributed by atoms with Crippen molar-refractivity contribution in [2.45, 2.75) is 38.3 Å². The topological polar surface area (TPSA) is 41.9 Å². The minimum atomic E-state index is -0.496. The molecule has 1 aromatic carbocycles. The minimum Gasteiger partial charge on any atom is -0.454 e. The smallest absolute Gasteiger partial charge is 0.231 e. The Morgan fingerprint density at radius 3 is 2.95 bits per heavy atom. The van der Waals surface area contributed by atoms with Crippen molar-refractivity contribution in [3.8, 4) is 11.5 Å². The number of hydrogen-bond donors (Lipinski definition) is 1. The molecule has 0 saturated carbocycles. The lowest BCUT2D eigenvalue weighted by Gasteiger charge is -2.22. The summed E-state index contributed by atoms with van der Waals surface area (Å²) in [7, 11) is 0. The molecule has 1 saturated heterocycles. The van der Waals surface area contributed by atoms with Crippen LogP contribution >= 0.6 is 0 Å². The second kappa shape index (κ2) is 5.02. The number of ether oxygens (including phenoxy) is 2. The van der Waals surface area contributed by atoms with Crippen molar-refractivity contribution < 1.29 is 14.6 Å². The van der Waals surface area contributed by atoms with Crippen molar-refractivity contribution in [3.63, 3.8) is 0 Å². The molecule has 2 aliphatic heterocycles. The Morgan fingerprint density at radius 1 is 1.21 bits per heavy atom. The van der Waals surface area contributed by atoms with Crippen molar-refractivity contribution in [2.24, 2.45) is 0 Å². The van der Waals surface area contributed by atoms with Gasteiger partial charge in [0.2, 0.25) is 6.79 Å². The van der Waals surface area contributed by atoms with Gasteiger partial charge in [-0.3, -0.25) is 4.90 Å². The first-order valence-corrected chi connectivity index (χ1v) is 6.96. The maximum absolute atomic E-state index is 10.1. The number of hydrogen-bond acceptors (Lipinski definition) is 4. The average molecular weight is 263 g/mol. The molecular weight excluding hydrogens is 242 g/mol. The number of benzene rings is 1. The first-order chi connectivity index (χ1) is 9.12. The summed E-state index contributed by atoms with van der Waals surface area (Å²) in [5.74, 6) is 1.68. The highest BCUT2D eigenvalue weighted by molar-refractivity contribution is 5.44. The predicted molar refractivity (Wildman–Crippen MR) is 72.3 cm³/mol.